The average molecular weight is 494 g/mol. The number of nitrogens with one attached hydrogen (secondary N) is 3. The van der Waals surface area contributed by atoms with Crippen molar-refractivity contribution >= 4 is 23.5 Å². The van der Waals surface area contributed by atoms with Gasteiger partial charge in [-0.05, 0) is 61.0 Å². The summed E-state index contributed by atoms with van der Waals surface area (Å²) in [6.07, 6.45) is 4.19. The molecule has 0 saturated carbocycles. The zero-order chi connectivity index (χ0) is 25.9. The number of amides is 2. The summed E-state index contributed by atoms with van der Waals surface area (Å²) in [5.74, 6) is 5.62. The van der Waals surface area contributed by atoms with Crippen LogP contribution in [0.1, 0.15) is 17.5 Å². The maximum absolute atomic E-state index is 12.5. The lowest BCUT2D eigenvalue weighted by molar-refractivity contribution is -0.155. The van der Waals surface area contributed by atoms with Crippen molar-refractivity contribution in [2.24, 2.45) is 11.6 Å². The number of carbonyl (C=O) groups excluding carboxylic acids is 2. The molecule has 0 spiro atoms. The quantitative estimate of drug-likeness (QED) is 0.0554. The van der Waals surface area contributed by atoms with E-state index in [0.29, 0.717) is 68.4 Å². The van der Waals surface area contributed by atoms with Crippen molar-refractivity contribution in [1.82, 2.24) is 15.2 Å². The predicted molar refractivity (Wildman–Crippen MR) is 136 cm³/mol. The van der Waals surface area contributed by atoms with Crippen LogP contribution < -0.4 is 26.5 Å². The monoisotopic (exact) mass is 493 g/mol. The Morgan fingerprint density at radius 2 is 1.47 bits per heavy atom. The summed E-state index contributed by atoms with van der Waals surface area (Å²) in [5.41, 5.74) is 8.99. The second-order valence-corrected chi connectivity index (χ2v) is 8.01. The van der Waals surface area contributed by atoms with Crippen LogP contribution >= 0.6 is 0 Å². The minimum absolute atomic E-state index is 0.00113. The Kier molecular flexibility index (Phi) is 9.40. The SMILES string of the molecule is N=C(N)c1ccc(OCCCN2CCN(C/C=C/COc3ccc(C(=N)NN)cc3)C(=O)C2=O)cc1. The Bertz CT molecular complexity index is 1100. The normalized spacial score (nSPS) is 13.7. The maximum Gasteiger partial charge on any atom is 0.312 e. The molecule has 3 rings (SSSR count). The fourth-order valence-corrected chi connectivity index (χ4v) is 3.49. The van der Waals surface area contributed by atoms with Crippen molar-refractivity contribution in [3.63, 3.8) is 0 Å². The first-order chi connectivity index (χ1) is 17.4. The molecule has 1 saturated heterocycles. The smallest absolute Gasteiger partial charge is 0.312 e. The number of hydrogen-bond donors (Lipinski definition) is 5. The molecule has 0 aliphatic carbocycles. The highest BCUT2D eigenvalue weighted by Gasteiger charge is 2.31. The van der Waals surface area contributed by atoms with E-state index in [-0.39, 0.29) is 11.7 Å². The van der Waals surface area contributed by atoms with Gasteiger partial charge in [-0.15, -0.1) is 0 Å². The largest absolute Gasteiger partial charge is 0.494 e. The minimum atomic E-state index is -0.515. The van der Waals surface area contributed by atoms with E-state index in [1.54, 1.807) is 65.6 Å². The van der Waals surface area contributed by atoms with Crippen molar-refractivity contribution in [2.45, 2.75) is 6.42 Å². The van der Waals surface area contributed by atoms with Crippen molar-refractivity contribution in [3.05, 3.63) is 71.8 Å². The van der Waals surface area contributed by atoms with Crippen LogP contribution in [0.25, 0.3) is 0 Å². The number of hydrazine groups is 1. The summed E-state index contributed by atoms with van der Waals surface area (Å²) < 4.78 is 11.3. The Hall–Kier alpha value is -4.38. The topological polar surface area (TPSA) is 171 Å². The molecule has 1 aliphatic heterocycles. The fourth-order valence-electron chi connectivity index (χ4n) is 3.49. The molecule has 2 amide bonds. The third-order valence-corrected chi connectivity index (χ3v) is 5.53. The van der Waals surface area contributed by atoms with Crippen molar-refractivity contribution in [1.29, 1.82) is 10.8 Å². The molecule has 0 radical (unpaired) electrons. The van der Waals surface area contributed by atoms with Crippen LogP contribution in [0, 0.1) is 10.8 Å². The van der Waals surface area contributed by atoms with Crippen LogP contribution in [-0.2, 0) is 9.59 Å². The Morgan fingerprint density at radius 3 is 2.11 bits per heavy atom. The molecule has 2 aromatic rings. The second-order valence-electron chi connectivity index (χ2n) is 8.01. The first kappa shape index (κ1) is 26.2. The van der Waals surface area contributed by atoms with E-state index in [0.717, 1.165) is 0 Å². The molecule has 7 N–H and O–H groups in total. The summed E-state index contributed by atoms with van der Waals surface area (Å²) in [4.78, 5) is 28.0. The summed E-state index contributed by atoms with van der Waals surface area (Å²) in [7, 11) is 0. The van der Waals surface area contributed by atoms with Gasteiger partial charge in [-0.3, -0.25) is 20.4 Å². The number of hydrogen-bond acceptors (Lipinski definition) is 7. The average Bonchev–Trinajstić information content (AvgIpc) is 2.90. The molecule has 36 heavy (non-hydrogen) atoms. The van der Waals surface area contributed by atoms with Crippen molar-refractivity contribution in [3.8, 4) is 11.5 Å². The molecule has 0 aromatic heterocycles. The van der Waals surface area contributed by atoms with Crippen molar-refractivity contribution < 1.29 is 19.1 Å². The lowest BCUT2D eigenvalue weighted by Crippen LogP contribution is -2.54. The number of carbonyl (C=O) groups is 2. The number of benzene rings is 2. The minimum Gasteiger partial charge on any atom is -0.494 e. The number of rotatable bonds is 12. The Morgan fingerprint density at radius 1 is 0.889 bits per heavy atom. The van der Waals surface area contributed by atoms with Crippen LogP contribution in [-0.4, -0.2) is 72.7 Å². The number of amidine groups is 2. The molecule has 11 nitrogen and oxygen atoms in total. The van der Waals surface area contributed by atoms with Gasteiger partial charge in [0.2, 0.25) is 0 Å². The van der Waals surface area contributed by atoms with E-state index in [9.17, 15) is 9.59 Å². The van der Waals surface area contributed by atoms with Gasteiger partial charge in [-0.25, -0.2) is 5.84 Å². The van der Waals surface area contributed by atoms with Gasteiger partial charge in [0, 0.05) is 37.3 Å². The molecule has 11 heteroatoms. The van der Waals surface area contributed by atoms with Crippen LogP contribution in [0.4, 0.5) is 0 Å². The maximum atomic E-state index is 12.5. The number of piperazine rings is 1. The summed E-state index contributed by atoms with van der Waals surface area (Å²) in [6, 6.07) is 13.8. The summed E-state index contributed by atoms with van der Waals surface area (Å²) in [5, 5.41) is 15.0. The molecule has 1 aliphatic rings. The molecule has 0 atom stereocenters. The highest BCUT2D eigenvalue weighted by Crippen LogP contribution is 2.14. The van der Waals surface area contributed by atoms with Crippen LogP contribution in [0.3, 0.4) is 0 Å². The van der Waals surface area contributed by atoms with E-state index < -0.39 is 11.8 Å². The Labute approximate surface area is 209 Å². The fraction of sp³-hybridized carbons (Fsp3) is 0.280. The summed E-state index contributed by atoms with van der Waals surface area (Å²) in [6.45, 7) is 2.42. The van der Waals surface area contributed by atoms with E-state index in [2.05, 4.69) is 5.43 Å². The molecule has 2 aromatic carbocycles. The standard InChI is InChI=1S/C25H31N7O4/c26-22(27)18-4-8-20(9-5-18)36-17-3-13-32-15-14-31(24(33)25(32)34)12-1-2-16-35-21-10-6-19(7-11-21)23(28)30-29/h1-2,4-11H,3,12-17,29H2,(H3,26,27)(H2,28,30)/b2-1+. The van der Waals surface area contributed by atoms with Gasteiger partial charge >= 0.3 is 11.8 Å². The molecule has 0 unspecified atom stereocenters. The third-order valence-electron chi connectivity index (χ3n) is 5.53. The molecular formula is C25H31N7O4. The van der Waals surface area contributed by atoms with E-state index >= 15 is 0 Å². The van der Waals surface area contributed by atoms with Crippen LogP contribution in [0.5, 0.6) is 11.5 Å². The third kappa shape index (κ3) is 7.31. The van der Waals surface area contributed by atoms with Gasteiger partial charge in [0.1, 0.15) is 29.8 Å². The zero-order valence-corrected chi connectivity index (χ0v) is 19.9. The number of nitrogens with zero attached hydrogens (tertiary/aromatic N) is 2. The molecule has 1 fully saturated rings. The second kappa shape index (κ2) is 12.9. The highest BCUT2D eigenvalue weighted by atomic mass is 16.5. The van der Waals surface area contributed by atoms with E-state index in [1.807, 2.05) is 0 Å². The first-order valence-corrected chi connectivity index (χ1v) is 11.5. The Balaban J connectivity index is 1.34. The highest BCUT2D eigenvalue weighted by molar-refractivity contribution is 6.35. The number of nitrogen functional groups attached to an aromatic ring is 1. The predicted octanol–water partition coefficient (Wildman–Crippen LogP) is 0.834. The van der Waals surface area contributed by atoms with Gasteiger partial charge in [0.05, 0.1) is 6.61 Å². The van der Waals surface area contributed by atoms with Crippen LogP contribution in [0.15, 0.2) is 60.7 Å². The van der Waals surface area contributed by atoms with Gasteiger partial charge in [0.25, 0.3) is 0 Å². The van der Waals surface area contributed by atoms with Crippen LogP contribution in [0.2, 0.25) is 0 Å². The van der Waals surface area contributed by atoms with Gasteiger partial charge < -0.3 is 30.4 Å². The zero-order valence-electron chi connectivity index (χ0n) is 19.9. The van der Waals surface area contributed by atoms with E-state index in [1.165, 1.54) is 4.90 Å². The molecule has 1 heterocycles. The van der Waals surface area contributed by atoms with Crippen molar-refractivity contribution in [2.75, 3.05) is 39.4 Å². The molecule has 0 bridgehead atoms. The number of ether oxygens (including phenoxy) is 2. The summed E-state index contributed by atoms with van der Waals surface area (Å²) >= 11 is 0. The lowest BCUT2D eigenvalue weighted by Gasteiger charge is -2.33. The van der Waals surface area contributed by atoms with Gasteiger partial charge in [-0.2, -0.15) is 0 Å². The van der Waals surface area contributed by atoms with Gasteiger partial charge in [-0.1, -0.05) is 6.08 Å². The molecule has 190 valence electrons. The lowest BCUT2D eigenvalue weighted by atomic mass is 10.2. The molecular weight excluding hydrogens is 462 g/mol. The van der Waals surface area contributed by atoms with Gasteiger partial charge in [0.15, 0.2) is 0 Å². The first-order valence-electron chi connectivity index (χ1n) is 11.5. The number of nitrogens with two attached hydrogens (primary N) is 2. The van der Waals surface area contributed by atoms with E-state index in [4.69, 9.17) is 31.9 Å².